The van der Waals surface area contributed by atoms with Crippen molar-refractivity contribution in [3.8, 4) is 0 Å². The molecule has 2 aromatic heterocycles. The Balaban J connectivity index is 1.43. The summed E-state index contributed by atoms with van der Waals surface area (Å²) in [4.78, 5) is 35.0. The van der Waals surface area contributed by atoms with Crippen LogP contribution in [0.1, 0.15) is 21.0 Å². The zero-order valence-electron chi connectivity index (χ0n) is 17.5. The fraction of sp³-hybridized carbons (Fsp3) is 0.136. The third-order valence-corrected chi connectivity index (χ3v) is 4.97. The highest BCUT2D eigenvalue weighted by Gasteiger charge is 2.12. The Morgan fingerprint density at radius 1 is 0.875 bits per heavy atom. The van der Waals surface area contributed by atoms with Gasteiger partial charge in [0.15, 0.2) is 5.96 Å². The van der Waals surface area contributed by atoms with Crippen LogP contribution in [-0.2, 0) is 0 Å². The maximum absolute atomic E-state index is 12.7. The first-order valence-electron chi connectivity index (χ1n) is 9.99. The van der Waals surface area contributed by atoms with E-state index in [0.29, 0.717) is 41.8 Å². The van der Waals surface area contributed by atoms with Crippen molar-refractivity contribution in [3.63, 3.8) is 0 Å². The number of carbonyl (C=O) groups excluding carboxylic acids is 2. The van der Waals surface area contributed by atoms with Gasteiger partial charge in [0, 0.05) is 53.3 Å². The summed E-state index contributed by atoms with van der Waals surface area (Å²) in [5, 5.41) is 10.2. The van der Waals surface area contributed by atoms with E-state index in [1.54, 1.807) is 37.4 Å². The van der Waals surface area contributed by atoms with Gasteiger partial charge in [-0.25, -0.2) is 0 Å². The Bertz CT molecular complexity index is 1330. The van der Waals surface area contributed by atoms with E-state index in [2.05, 4.69) is 30.9 Å². The normalized spacial score (nSPS) is 11.6. The Labute approximate surface area is 183 Å². The molecule has 10 heteroatoms. The highest BCUT2D eigenvalue weighted by Crippen LogP contribution is 2.22. The number of rotatable bonds is 6. The summed E-state index contributed by atoms with van der Waals surface area (Å²) in [5.41, 5.74) is 15.1. The smallest absolute Gasteiger partial charge is 0.272 e. The van der Waals surface area contributed by atoms with E-state index in [4.69, 9.17) is 11.5 Å². The summed E-state index contributed by atoms with van der Waals surface area (Å²) in [6.45, 7) is 0.855. The predicted octanol–water partition coefficient (Wildman–Crippen LogP) is 1.75. The molecule has 0 aliphatic rings. The van der Waals surface area contributed by atoms with E-state index >= 15 is 0 Å². The maximum Gasteiger partial charge on any atom is 0.272 e. The first-order chi connectivity index (χ1) is 15.4. The lowest BCUT2D eigenvalue weighted by Gasteiger charge is -2.05. The lowest BCUT2D eigenvalue weighted by molar-refractivity contribution is 0.0949. The molecule has 0 bridgehead atoms. The van der Waals surface area contributed by atoms with E-state index in [1.807, 2.05) is 18.2 Å². The van der Waals surface area contributed by atoms with Gasteiger partial charge in [0.2, 0.25) is 0 Å². The van der Waals surface area contributed by atoms with Gasteiger partial charge in [-0.05, 0) is 48.5 Å². The van der Waals surface area contributed by atoms with Crippen LogP contribution in [0.5, 0.6) is 0 Å². The maximum atomic E-state index is 12.7. The van der Waals surface area contributed by atoms with Crippen LogP contribution in [-0.4, -0.2) is 47.9 Å². The van der Waals surface area contributed by atoms with Gasteiger partial charge in [0.1, 0.15) is 11.4 Å². The number of anilines is 2. The first kappa shape index (κ1) is 20.8. The molecule has 0 fully saturated rings. The van der Waals surface area contributed by atoms with Crippen LogP contribution < -0.4 is 27.4 Å². The fourth-order valence-electron chi connectivity index (χ4n) is 3.35. The van der Waals surface area contributed by atoms with Crippen molar-refractivity contribution in [2.45, 2.75) is 0 Å². The van der Waals surface area contributed by atoms with Gasteiger partial charge in [-0.2, -0.15) is 0 Å². The zero-order chi connectivity index (χ0) is 22.7. The average molecular weight is 432 g/mol. The Hall–Kier alpha value is -4.47. The van der Waals surface area contributed by atoms with Crippen molar-refractivity contribution in [1.82, 2.24) is 20.6 Å². The number of hydrogen-bond donors (Lipinski definition) is 7. The number of aromatic nitrogens is 2. The first-order valence-corrected chi connectivity index (χ1v) is 9.99. The molecule has 2 amide bonds. The quantitative estimate of drug-likeness (QED) is 0.106. The summed E-state index contributed by atoms with van der Waals surface area (Å²) in [5.74, 6) is -0.191. The Morgan fingerprint density at radius 3 is 2.22 bits per heavy atom. The average Bonchev–Trinajstić information content (AvgIpc) is 3.39. The third kappa shape index (κ3) is 4.48. The van der Waals surface area contributed by atoms with Crippen LogP contribution in [0, 0.1) is 0 Å². The monoisotopic (exact) mass is 432 g/mol. The van der Waals surface area contributed by atoms with Gasteiger partial charge in [-0.3, -0.25) is 14.6 Å². The number of hydrogen-bond acceptors (Lipinski definition) is 4. The number of carbonyl (C=O) groups is 2. The van der Waals surface area contributed by atoms with Crippen LogP contribution in [0.25, 0.3) is 21.8 Å². The number of guanidine groups is 1. The zero-order valence-corrected chi connectivity index (χ0v) is 17.5. The Morgan fingerprint density at radius 2 is 1.50 bits per heavy atom. The molecule has 0 saturated heterocycles. The van der Waals surface area contributed by atoms with Crippen molar-refractivity contribution in [2.24, 2.45) is 10.7 Å². The number of nitrogens with one attached hydrogen (secondary N) is 5. The molecule has 9 N–H and O–H groups in total. The van der Waals surface area contributed by atoms with Gasteiger partial charge in [-0.1, -0.05) is 0 Å². The lowest BCUT2D eigenvalue weighted by Crippen LogP contribution is -2.38. The van der Waals surface area contributed by atoms with Gasteiger partial charge >= 0.3 is 0 Å². The molecular weight excluding hydrogens is 408 g/mol. The number of nitrogens with zero attached hydrogens (tertiary/aromatic N) is 1. The van der Waals surface area contributed by atoms with Crippen LogP contribution in [0.4, 0.5) is 11.4 Å². The number of H-pyrrole nitrogens is 2. The third-order valence-electron chi connectivity index (χ3n) is 4.97. The van der Waals surface area contributed by atoms with Gasteiger partial charge in [-0.15, -0.1) is 0 Å². The molecule has 0 unspecified atom stereocenters. The number of nitrogen functional groups attached to an aromatic ring is 1. The number of aromatic amines is 2. The van der Waals surface area contributed by atoms with E-state index in [9.17, 15) is 9.59 Å². The van der Waals surface area contributed by atoms with E-state index in [0.717, 1.165) is 21.8 Å². The molecule has 0 aliphatic carbocycles. The number of amides is 2. The minimum atomic E-state index is -0.269. The molecular formula is C22H24N8O2. The number of nitrogens with two attached hydrogens (primary N) is 2. The second-order valence-corrected chi connectivity index (χ2v) is 7.26. The molecule has 10 nitrogen and oxygen atoms in total. The topological polar surface area (TPSA) is 166 Å². The molecule has 4 aromatic rings. The molecule has 4 rings (SSSR count). The van der Waals surface area contributed by atoms with E-state index in [1.165, 1.54) is 0 Å². The summed E-state index contributed by atoms with van der Waals surface area (Å²) >= 11 is 0. The summed E-state index contributed by atoms with van der Waals surface area (Å²) in [7, 11) is 1.58. The molecule has 0 aliphatic heterocycles. The second kappa shape index (κ2) is 8.72. The molecule has 32 heavy (non-hydrogen) atoms. The van der Waals surface area contributed by atoms with Crippen LogP contribution in [0.3, 0.4) is 0 Å². The van der Waals surface area contributed by atoms with Crippen molar-refractivity contribution >= 4 is 51.0 Å². The number of fused-ring (bicyclic) bond motifs is 2. The molecule has 0 saturated carbocycles. The Kier molecular flexibility index (Phi) is 5.67. The molecule has 0 radical (unpaired) electrons. The van der Waals surface area contributed by atoms with E-state index in [-0.39, 0.29) is 11.8 Å². The molecule has 2 heterocycles. The summed E-state index contributed by atoms with van der Waals surface area (Å²) in [6.07, 6.45) is 0. The highest BCUT2D eigenvalue weighted by atomic mass is 16.2. The second-order valence-electron chi connectivity index (χ2n) is 7.26. The van der Waals surface area contributed by atoms with Crippen molar-refractivity contribution < 1.29 is 9.59 Å². The SMILES string of the molecule is CN=C(N)NCCNC(=O)c1cc2cc(NC(=O)c3cc4cc(N)ccc4[nH]3)ccc2[nH]1. The standard InChI is InChI=1S/C22H24N8O2/c1-25-22(24)27-7-6-26-20(31)18-11-13-9-15(3-5-17(13)29-18)28-21(32)19-10-12-8-14(23)2-4-16(12)30-19/h2-5,8-11,29-30H,6-7,23H2,1H3,(H,26,31)(H,28,32)(H3,24,25,27). The fourth-order valence-corrected chi connectivity index (χ4v) is 3.35. The molecule has 2 aromatic carbocycles. The van der Waals surface area contributed by atoms with Gasteiger partial charge in [0.25, 0.3) is 11.8 Å². The highest BCUT2D eigenvalue weighted by molar-refractivity contribution is 6.07. The van der Waals surface area contributed by atoms with Crippen molar-refractivity contribution in [2.75, 3.05) is 31.2 Å². The minimum Gasteiger partial charge on any atom is -0.399 e. The minimum absolute atomic E-state index is 0.238. The van der Waals surface area contributed by atoms with Crippen molar-refractivity contribution in [1.29, 1.82) is 0 Å². The number of benzene rings is 2. The summed E-state index contributed by atoms with van der Waals surface area (Å²) in [6, 6.07) is 14.3. The lowest BCUT2D eigenvalue weighted by atomic mass is 10.2. The van der Waals surface area contributed by atoms with E-state index < -0.39 is 0 Å². The van der Waals surface area contributed by atoms with Gasteiger partial charge in [0.05, 0.1) is 0 Å². The predicted molar refractivity (Wildman–Crippen MR) is 127 cm³/mol. The van der Waals surface area contributed by atoms with Crippen LogP contribution >= 0.6 is 0 Å². The molecule has 0 atom stereocenters. The van der Waals surface area contributed by atoms with Gasteiger partial charge < -0.3 is 37.4 Å². The molecule has 0 spiro atoms. The largest absolute Gasteiger partial charge is 0.399 e. The van der Waals surface area contributed by atoms with Crippen LogP contribution in [0.2, 0.25) is 0 Å². The van der Waals surface area contributed by atoms with Crippen molar-refractivity contribution in [3.05, 3.63) is 59.9 Å². The summed E-state index contributed by atoms with van der Waals surface area (Å²) < 4.78 is 0. The molecule has 164 valence electrons. The number of aliphatic imine (C=N–C) groups is 1. The van der Waals surface area contributed by atoms with Crippen LogP contribution in [0.15, 0.2) is 53.5 Å².